The highest BCUT2D eigenvalue weighted by atomic mass is 35.5. The fraction of sp³-hybridized carbons (Fsp3) is 0.417. The van der Waals surface area contributed by atoms with Gasteiger partial charge in [0.2, 0.25) is 0 Å². The van der Waals surface area contributed by atoms with E-state index in [1.165, 1.54) is 18.2 Å². The number of nitro benzene ring substituents is 1. The molecule has 0 radical (unpaired) electrons. The first-order chi connectivity index (χ1) is 9.41. The Morgan fingerprint density at radius 2 is 2.25 bits per heavy atom. The summed E-state index contributed by atoms with van der Waals surface area (Å²) < 4.78 is 5.18. The molecule has 8 heteroatoms. The summed E-state index contributed by atoms with van der Waals surface area (Å²) in [6.45, 7) is 0.301. The van der Waals surface area contributed by atoms with Crippen molar-refractivity contribution in [1.82, 2.24) is 0 Å². The van der Waals surface area contributed by atoms with Crippen LogP contribution in [0.4, 0.5) is 11.4 Å². The average molecular weight is 301 g/mol. The SMILES string of the molecule is CN(c1cc(Cl)ccc1[N+](=O)[O-])C1COCC1C(=O)O. The van der Waals surface area contributed by atoms with E-state index in [1.54, 1.807) is 11.9 Å². The number of hydrogen-bond acceptors (Lipinski definition) is 5. The Labute approximate surface area is 119 Å². The lowest BCUT2D eigenvalue weighted by Crippen LogP contribution is -2.41. The van der Waals surface area contributed by atoms with Gasteiger partial charge in [0.25, 0.3) is 5.69 Å². The Kier molecular flexibility index (Phi) is 4.10. The largest absolute Gasteiger partial charge is 0.481 e. The van der Waals surface area contributed by atoms with Crippen LogP contribution in [-0.2, 0) is 9.53 Å². The number of hydrogen-bond donors (Lipinski definition) is 1. The van der Waals surface area contributed by atoms with Gasteiger partial charge in [-0.05, 0) is 12.1 Å². The van der Waals surface area contributed by atoms with Crippen molar-refractivity contribution in [3.63, 3.8) is 0 Å². The van der Waals surface area contributed by atoms with E-state index in [1.807, 2.05) is 0 Å². The van der Waals surface area contributed by atoms with E-state index >= 15 is 0 Å². The van der Waals surface area contributed by atoms with Crippen LogP contribution < -0.4 is 4.90 Å². The van der Waals surface area contributed by atoms with E-state index in [2.05, 4.69) is 0 Å². The molecule has 0 bridgehead atoms. The molecule has 108 valence electrons. The molecule has 1 fully saturated rings. The summed E-state index contributed by atoms with van der Waals surface area (Å²) in [5.74, 6) is -1.71. The van der Waals surface area contributed by atoms with E-state index in [0.717, 1.165) is 0 Å². The maximum Gasteiger partial charge on any atom is 0.311 e. The van der Waals surface area contributed by atoms with E-state index in [0.29, 0.717) is 5.02 Å². The van der Waals surface area contributed by atoms with Gasteiger partial charge in [-0.1, -0.05) is 11.6 Å². The van der Waals surface area contributed by atoms with E-state index in [9.17, 15) is 14.9 Å². The average Bonchev–Trinajstić information content (AvgIpc) is 2.86. The molecular weight excluding hydrogens is 288 g/mol. The number of halogens is 1. The second kappa shape index (κ2) is 5.64. The number of likely N-dealkylation sites (N-methyl/N-ethyl adjacent to an activating group) is 1. The lowest BCUT2D eigenvalue weighted by atomic mass is 10.0. The normalized spacial score (nSPS) is 21.7. The van der Waals surface area contributed by atoms with Crippen LogP contribution in [0.25, 0.3) is 0 Å². The number of benzene rings is 1. The third-order valence-corrected chi connectivity index (χ3v) is 3.61. The Morgan fingerprint density at radius 3 is 2.85 bits per heavy atom. The topological polar surface area (TPSA) is 92.9 Å². The summed E-state index contributed by atoms with van der Waals surface area (Å²) in [5, 5.41) is 20.6. The molecule has 1 heterocycles. The van der Waals surface area contributed by atoms with Gasteiger partial charge < -0.3 is 14.7 Å². The summed E-state index contributed by atoms with van der Waals surface area (Å²) in [6, 6.07) is 3.72. The molecule has 0 spiro atoms. The number of carboxylic acids is 1. The van der Waals surface area contributed by atoms with Crippen LogP contribution in [0, 0.1) is 16.0 Å². The first-order valence-corrected chi connectivity index (χ1v) is 6.27. The molecule has 2 unspecified atom stereocenters. The highest BCUT2D eigenvalue weighted by Gasteiger charge is 2.38. The maximum absolute atomic E-state index is 11.2. The molecule has 0 amide bonds. The fourth-order valence-electron chi connectivity index (χ4n) is 2.27. The first kappa shape index (κ1) is 14.5. The summed E-state index contributed by atoms with van der Waals surface area (Å²) in [4.78, 5) is 23.3. The molecule has 7 nitrogen and oxygen atoms in total. The summed E-state index contributed by atoms with van der Waals surface area (Å²) in [6.07, 6.45) is 0. The Balaban J connectivity index is 2.37. The molecular formula is C12H13ClN2O5. The van der Waals surface area contributed by atoms with Gasteiger partial charge in [0, 0.05) is 18.1 Å². The van der Waals surface area contributed by atoms with Crippen LogP contribution in [0.3, 0.4) is 0 Å². The molecule has 1 aromatic rings. The molecule has 2 rings (SSSR count). The van der Waals surface area contributed by atoms with Crippen LogP contribution in [-0.4, -0.2) is 42.3 Å². The molecule has 0 saturated carbocycles. The van der Waals surface area contributed by atoms with Gasteiger partial charge >= 0.3 is 5.97 Å². The Hall–Kier alpha value is -1.86. The summed E-state index contributed by atoms with van der Waals surface area (Å²) in [7, 11) is 1.61. The van der Waals surface area contributed by atoms with Crippen molar-refractivity contribution >= 4 is 28.9 Å². The highest BCUT2D eigenvalue weighted by molar-refractivity contribution is 6.31. The fourth-order valence-corrected chi connectivity index (χ4v) is 2.44. The monoisotopic (exact) mass is 300 g/mol. The van der Waals surface area contributed by atoms with Gasteiger partial charge in [0.05, 0.1) is 24.2 Å². The van der Waals surface area contributed by atoms with Gasteiger partial charge in [-0.2, -0.15) is 0 Å². The quantitative estimate of drug-likeness (QED) is 0.673. The van der Waals surface area contributed by atoms with Gasteiger partial charge in [-0.3, -0.25) is 14.9 Å². The Morgan fingerprint density at radius 1 is 1.55 bits per heavy atom. The second-order valence-electron chi connectivity index (χ2n) is 4.55. The summed E-state index contributed by atoms with van der Waals surface area (Å²) >= 11 is 5.87. The molecule has 1 aromatic carbocycles. The molecule has 0 aromatic heterocycles. The smallest absolute Gasteiger partial charge is 0.311 e. The van der Waals surface area contributed by atoms with Gasteiger partial charge in [0.1, 0.15) is 11.6 Å². The van der Waals surface area contributed by atoms with Crippen molar-refractivity contribution in [1.29, 1.82) is 0 Å². The lowest BCUT2D eigenvalue weighted by Gasteiger charge is -2.28. The van der Waals surface area contributed by atoms with Crippen molar-refractivity contribution < 1.29 is 19.6 Å². The van der Waals surface area contributed by atoms with Crippen LogP contribution in [0.15, 0.2) is 18.2 Å². The minimum atomic E-state index is -0.982. The van der Waals surface area contributed by atoms with Crippen molar-refractivity contribution in [3.8, 4) is 0 Å². The number of anilines is 1. The number of nitro groups is 1. The van der Waals surface area contributed by atoms with Crippen LogP contribution in [0.1, 0.15) is 0 Å². The molecule has 0 aliphatic carbocycles. The zero-order valence-corrected chi connectivity index (χ0v) is 11.4. The number of rotatable bonds is 4. The minimum Gasteiger partial charge on any atom is -0.481 e. The number of ether oxygens (including phenoxy) is 1. The number of carboxylic acid groups (broad SMARTS) is 1. The molecule has 1 saturated heterocycles. The molecule has 1 aliphatic heterocycles. The van der Waals surface area contributed by atoms with Crippen molar-refractivity contribution in [3.05, 3.63) is 33.3 Å². The predicted molar refractivity (Wildman–Crippen MR) is 72.2 cm³/mol. The standard InChI is InChI=1S/C12H13ClN2O5/c1-14(11-6-20-5-8(11)12(16)17)10-4-7(13)2-3-9(10)15(18)19/h2-4,8,11H,5-6H2,1H3,(H,16,17). The number of aliphatic carboxylic acids is 1. The van der Waals surface area contributed by atoms with Crippen LogP contribution >= 0.6 is 11.6 Å². The summed E-state index contributed by atoms with van der Waals surface area (Å²) in [5.41, 5.74) is 0.164. The molecule has 20 heavy (non-hydrogen) atoms. The maximum atomic E-state index is 11.2. The number of nitrogens with zero attached hydrogens (tertiary/aromatic N) is 2. The van der Waals surface area contributed by atoms with Gasteiger partial charge in [0.15, 0.2) is 0 Å². The third kappa shape index (κ3) is 2.68. The second-order valence-corrected chi connectivity index (χ2v) is 4.99. The molecule has 1 N–H and O–H groups in total. The van der Waals surface area contributed by atoms with Crippen LogP contribution in [0.5, 0.6) is 0 Å². The van der Waals surface area contributed by atoms with Crippen LogP contribution in [0.2, 0.25) is 5.02 Å². The first-order valence-electron chi connectivity index (χ1n) is 5.89. The van der Waals surface area contributed by atoms with E-state index < -0.39 is 22.9 Å². The number of carbonyl (C=O) groups is 1. The third-order valence-electron chi connectivity index (χ3n) is 3.38. The Bertz CT molecular complexity index is 551. The molecule has 2 atom stereocenters. The van der Waals surface area contributed by atoms with E-state index in [-0.39, 0.29) is 24.6 Å². The van der Waals surface area contributed by atoms with Gasteiger partial charge in [-0.15, -0.1) is 0 Å². The minimum absolute atomic E-state index is 0.0959. The van der Waals surface area contributed by atoms with Gasteiger partial charge in [-0.25, -0.2) is 0 Å². The molecule has 1 aliphatic rings. The lowest BCUT2D eigenvalue weighted by molar-refractivity contribution is -0.384. The highest BCUT2D eigenvalue weighted by Crippen LogP contribution is 2.34. The van der Waals surface area contributed by atoms with Crippen molar-refractivity contribution in [2.24, 2.45) is 5.92 Å². The predicted octanol–water partition coefficient (Wildman–Crippen LogP) is 1.78. The zero-order chi connectivity index (χ0) is 14.9. The van der Waals surface area contributed by atoms with Crippen molar-refractivity contribution in [2.75, 3.05) is 25.2 Å². The van der Waals surface area contributed by atoms with Crippen molar-refractivity contribution in [2.45, 2.75) is 6.04 Å². The van der Waals surface area contributed by atoms with E-state index in [4.69, 9.17) is 21.4 Å². The zero-order valence-electron chi connectivity index (χ0n) is 10.7.